The molecule has 0 bridgehead atoms. The standard InChI is InChI=1S/C20H18N2O2S2/c1-12(2)13-5-7-14(8-6-13)19-17(10-18(23)24)26-20-21-15(11-22(19)20)16-4-3-9-25-16/h3-9,11-12H,10H2,1-2H3,(H,23,24). The fraction of sp³-hybridized carbons (Fsp3) is 0.200. The molecule has 0 saturated heterocycles. The maximum Gasteiger partial charge on any atom is 0.308 e. The van der Waals surface area contributed by atoms with Crippen molar-refractivity contribution in [1.29, 1.82) is 0 Å². The lowest BCUT2D eigenvalue weighted by molar-refractivity contribution is -0.136. The number of aromatic nitrogens is 2. The molecule has 0 amide bonds. The molecule has 0 aliphatic carbocycles. The molecule has 4 rings (SSSR count). The summed E-state index contributed by atoms with van der Waals surface area (Å²) in [4.78, 5) is 18.8. The molecule has 26 heavy (non-hydrogen) atoms. The lowest BCUT2D eigenvalue weighted by Gasteiger charge is -2.08. The van der Waals surface area contributed by atoms with Crippen LogP contribution in [0.15, 0.2) is 48.0 Å². The lowest BCUT2D eigenvalue weighted by atomic mass is 10.0. The first-order valence-electron chi connectivity index (χ1n) is 8.39. The first kappa shape index (κ1) is 17.0. The number of fused-ring (bicyclic) bond motifs is 1. The van der Waals surface area contributed by atoms with E-state index in [4.69, 9.17) is 4.98 Å². The van der Waals surface area contributed by atoms with E-state index in [0.717, 1.165) is 31.7 Å². The van der Waals surface area contributed by atoms with Gasteiger partial charge in [0.25, 0.3) is 0 Å². The van der Waals surface area contributed by atoms with Crippen LogP contribution in [0.1, 0.15) is 30.2 Å². The van der Waals surface area contributed by atoms with Crippen molar-refractivity contribution in [1.82, 2.24) is 9.38 Å². The number of benzene rings is 1. The smallest absolute Gasteiger partial charge is 0.308 e. The highest BCUT2D eigenvalue weighted by Gasteiger charge is 2.19. The van der Waals surface area contributed by atoms with Gasteiger partial charge in [0.1, 0.15) is 5.69 Å². The fourth-order valence-electron chi connectivity index (χ4n) is 3.01. The van der Waals surface area contributed by atoms with E-state index in [2.05, 4.69) is 38.1 Å². The van der Waals surface area contributed by atoms with Crippen LogP contribution < -0.4 is 0 Å². The summed E-state index contributed by atoms with van der Waals surface area (Å²) >= 11 is 3.10. The van der Waals surface area contributed by atoms with Gasteiger partial charge in [-0.3, -0.25) is 9.20 Å². The van der Waals surface area contributed by atoms with Gasteiger partial charge in [-0.05, 0) is 28.5 Å². The monoisotopic (exact) mass is 382 g/mol. The number of thiazole rings is 1. The Balaban J connectivity index is 1.87. The van der Waals surface area contributed by atoms with Gasteiger partial charge in [0, 0.05) is 11.1 Å². The van der Waals surface area contributed by atoms with Crippen LogP contribution in [0, 0.1) is 0 Å². The van der Waals surface area contributed by atoms with Crippen molar-refractivity contribution in [2.24, 2.45) is 0 Å². The van der Waals surface area contributed by atoms with E-state index in [-0.39, 0.29) is 6.42 Å². The van der Waals surface area contributed by atoms with Gasteiger partial charge >= 0.3 is 5.97 Å². The molecule has 132 valence electrons. The van der Waals surface area contributed by atoms with Crippen LogP contribution >= 0.6 is 22.7 Å². The number of carboxylic acids is 1. The Morgan fingerprint density at radius 2 is 2.00 bits per heavy atom. The third kappa shape index (κ3) is 3.06. The van der Waals surface area contributed by atoms with Gasteiger partial charge in [-0.25, -0.2) is 4.98 Å². The summed E-state index contributed by atoms with van der Waals surface area (Å²) < 4.78 is 2.03. The van der Waals surface area contributed by atoms with E-state index in [9.17, 15) is 9.90 Å². The van der Waals surface area contributed by atoms with Crippen molar-refractivity contribution in [2.45, 2.75) is 26.2 Å². The second-order valence-electron chi connectivity index (χ2n) is 6.48. The van der Waals surface area contributed by atoms with Gasteiger partial charge in [0.15, 0.2) is 4.96 Å². The SMILES string of the molecule is CC(C)c1ccc(-c2c(CC(=O)O)sc3nc(-c4cccs4)cn23)cc1. The molecule has 3 aromatic heterocycles. The third-order valence-electron chi connectivity index (χ3n) is 4.33. The van der Waals surface area contributed by atoms with Crippen molar-refractivity contribution in [3.63, 3.8) is 0 Å². The van der Waals surface area contributed by atoms with Crippen molar-refractivity contribution < 1.29 is 9.90 Å². The molecule has 6 heteroatoms. The van der Waals surface area contributed by atoms with Gasteiger partial charge in [-0.2, -0.15) is 0 Å². The van der Waals surface area contributed by atoms with Crippen LogP contribution in [0.25, 0.3) is 26.8 Å². The molecule has 3 heterocycles. The van der Waals surface area contributed by atoms with Crippen molar-refractivity contribution >= 4 is 33.6 Å². The zero-order valence-corrected chi connectivity index (χ0v) is 16.1. The second-order valence-corrected chi connectivity index (χ2v) is 8.49. The fourth-order valence-corrected chi connectivity index (χ4v) is 4.81. The molecular formula is C20H18N2O2S2. The zero-order valence-electron chi connectivity index (χ0n) is 14.5. The number of hydrogen-bond donors (Lipinski definition) is 1. The minimum absolute atomic E-state index is 0.00360. The summed E-state index contributed by atoms with van der Waals surface area (Å²) in [6, 6.07) is 12.4. The van der Waals surface area contributed by atoms with Crippen LogP contribution in [0.2, 0.25) is 0 Å². The summed E-state index contributed by atoms with van der Waals surface area (Å²) in [6.07, 6.45) is 2.01. The van der Waals surface area contributed by atoms with Gasteiger partial charge in [0.2, 0.25) is 0 Å². The van der Waals surface area contributed by atoms with Gasteiger partial charge in [0.05, 0.1) is 17.0 Å². The second kappa shape index (κ2) is 6.70. The summed E-state index contributed by atoms with van der Waals surface area (Å²) in [5, 5.41) is 11.3. The number of hydrogen-bond acceptors (Lipinski definition) is 4. The summed E-state index contributed by atoms with van der Waals surface area (Å²) in [7, 11) is 0. The summed E-state index contributed by atoms with van der Waals surface area (Å²) in [5.74, 6) is -0.364. The quantitative estimate of drug-likeness (QED) is 0.493. The molecule has 0 saturated carbocycles. The molecule has 4 nitrogen and oxygen atoms in total. The molecule has 1 aromatic carbocycles. The molecule has 0 fully saturated rings. The predicted molar refractivity (Wildman–Crippen MR) is 107 cm³/mol. The molecule has 0 unspecified atom stereocenters. The summed E-state index contributed by atoms with van der Waals surface area (Å²) in [5.41, 5.74) is 4.14. The average molecular weight is 383 g/mol. The Kier molecular flexibility index (Phi) is 4.38. The third-order valence-corrected chi connectivity index (χ3v) is 6.28. The number of nitrogens with zero attached hydrogens (tertiary/aromatic N) is 2. The Hall–Kier alpha value is -2.44. The van der Waals surface area contributed by atoms with E-state index < -0.39 is 5.97 Å². The molecule has 1 N–H and O–H groups in total. The molecule has 0 aliphatic heterocycles. The van der Waals surface area contributed by atoms with Crippen LogP contribution in [0.4, 0.5) is 0 Å². The average Bonchev–Trinajstić information content (AvgIpc) is 3.29. The van der Waals surface area contributed by atoms with Crippen LogP contribution in [0.3, 0.4) is 0 Å². The van der Waals surface area contributed by atoms with Crippen molar-refractivity contribution in [3.05, 3.63) is 58.4 Å². The maximum absolute atomic E-state index is 11.3. The minimum Gasteiger partial charge on any atom is -0.481 e. The molecular weight excluding hydrogens is 364 g/mol. The maximum atomic E-state index is 11.3. The summed E-state index contributed by atoms with van der Waals surface area (Å²) in [6.45, 7) is 4.33. The van der Waals surface area contributed by atoms with Crippen LogP contribution in [-0.4, -0.2) is 20.5 Å². The highest BCUT2D eigenvalue weighted by Crippen LogP contribution is 2.35. The highest BCUT2D eigenvalue weighted by molar-refractivity contribution is 7.17. The predicted octanol–water partition coefficient (Wildman–Crippen LogP) is 5.54. The first-order valence-corrected chi connectivity index (χ1v) is 10.1. The van der Waals surface area contributed by atoms with E-state index in [0.29, 0.717) is 5.92 Å². The van der Waals surface area contributed by atoms with E-state index in [1.165, 1.54) is 16.9 Å². The van der Waals surface area contributed by atoms with Crippen molar-refractivity contribution in [2.75, 3.05) is 0 Å². The van der Waals surface area contributed by atoms with E-state index >= 15 is 0 Å². The van der Waals surface area contributed by atoms with Gasteiger partial charge in [-0.15, -0.1) is 22.7 Å². The van der Waals surface area contributed by atoms with E-state index in [1.807, 2.05) is 28.1 Å². The first-order chi connectivity index (χ1) is 12.5. The van der Waals surface area contributed by atoms with Crippen LogP contribution in [0.5, 0.6) is 0 Å². The normalized spacial score (nSPS) is 11.5. The number of carbonyl (C=O) groups is 1. The van der Waals surface area contributed by atoms with Crippen molar-refractivity contribution in [3.8, 4) is 21.8 Å². The zero-order chi connectivity index (χ0) is 18.3. The molecule has 0 atom stereocenters. The van der Waals surface area contributed by atoms with Gasteiger partial charge in [-0.1, -0.05) is 44.2 Å². The molecule has 0 spiro atoms. The lowest BCUT2D eigenvalue weighted by Crippen LogP contribution is -2.00. The van der Waals surface area contributed by atoms with E-state index in [1.54, 1.807) is 11.3 Å². The molecule has 0 aliphatic rings. The molecule has 0 radical (unpaired) electrons. The largest absolute Gasteiger partial charge is 0.481 e. The molecule has 4 aromatic rings. The Morgan fingerprint density at radius 3 is 2.62 bits per heavy atom. The highest BCUT2D eigenvalue weighted by atomic mass is 32.1. The van der Waals surface area contributed by atoms with Crippen LogP contribution in [-0.2, 0) is 11.2 Å². The number of carboxylic acid groups (broad SMARTS) is 1. The minimum atomic E-state index is -0.826. The number of thiophene rings is 1. The number of aliphatic carboxylic acids is 1. The van der Waals surface area contributed by atoms with Gasteiger partial charge < -0.3 is 5.11 Å². The topological polar surface area (TPSA) is 54.6 Å². The Bertz CT molecular complexity index is 1060. The number of rotatable bonds is 5. The number of imidazole rings is 1. The Morgan fingerprint density at radius 1 is 1.23 bits per heavy atom. The Labute approximate surface area is 159 Å².